The Bertz CT molecular complexity index is 3210. The third kappa shape index (κ3) is 23.0. The van der Waals surface area contributed by atoms with Crippen molar-refractivity contribution in [3.63, 3.8) is 0 Å². The number of fused-ring (bicyclic) bond motifs is 1. The lowest BCUT2D eigenvalue weighted by atomic mass is 9.82. The summed E-state index contributed by atoms with van der Waals surface area (Å²) < 4.78 is 59.7. The fourth-order valence-electron chi connectivity index (χ4n) is 9.36. The highest BCUT2D eigenvalue weighted by atomic mass is 32.2. The minimum Gasteiger partial charge on any atom is -0.465 e. The van der Waals surface area contributed by atoms with Crippen LogP contribution >= 0.6 is 23.5 Å². The Morgan fingerprint density at radius 1 is 0.478 bits per heavy atom. The molecule has 3 unspecified atom stereocenters. The lowest BCUT2D eigenvalue weighted by Crippen LogP contribution is -2.30. The molecule has 6 rings (SSSR count). The normalized spacial score (nSPS) is 17.5. The van der Waals surface area contributed by atoms with E-state index in [1.54, 1.807) is 69.3 Å². The van der Waals surface area contributed by atoms with Crippen LogP contribution in [0.1, 0.15) is 109 Å². The van der Waals surface area contributed by atoms with E-state index in [0.29, 0.717) is 89.7 Å². The van der Waals surface area contributed by atoms with Gasteiger partial charge in [-0.05, 0) is 120 Å². The number of allylic oxidation sites excluding steroid dienone is 1. The van der Waals surface area contributed by atoms with Crippen LogP contribution in [-0.2, 0) is 93.9 Å². The molecule has 0 N–H and O–H groups in total. The first kappa shape index (κ1) is 70.3. The van der Waals surface area contributed by atoms with E-state index in [1.165, 1.54) is 12.1 Å². The predicted octanol–water partition coefficient (Wildman–Crippen LogP) is 9.24. The average Bonchev–Trinajstić information content (AvgIpc) is 1.70. The third-order valence-electron chi connectivity index (χ3n) is 14.3. The molecular weight excluding hydrogens is 1210 g/mol. The van der Waals surface area contributed by atoms with Crippen molar-refractivity contribution in [2.75, 3.05) is 33.0 Å². The molecule has 3 aromatic carbocycles. The van der Waals surface area contributed by atoms with Crippen LogP contribution in [0.2, 0.25) is 0 Å². The largest absolute Gasteiger partial charge is 0.465 e. The van der Waals surface area contributed by atoms with Gasteiger partial charge in [0.15, 0.2) is 0 Å². The number of carbonyl (C=O) groups is 10. The average molecular weight is 1280 g/mol. The van der Waals surface area contributed by atoms with E-state index in [4.69, 9.17) is 52.1 Å². The molecule has 0 radical (unpaired) electrons. The maximum Gasteiger partial charge on any atom is 0.330 e. The van der Waals surface area contributed by atoms with Gasteiger partial charge < -0.3 is 52.1 Å². The number of rotatable bonds is 31. The maximum absolute atomic E-state index is 13.7. The monoisotopic (exact) mass is 1280 g/mol. The molecule has 1 heterocycles. The summed E-state index contributed by atoms with van der Waals surface area (Å²) in [6, 6.07) is 20.2. The standard InChI is InChI=1S/C65H70N2O21S2/c1-6-53(68)80-36-39(3)83-40(4)37-81-57(72)28-26-55(70)78-32-30-42-8-20-49(21-9-42)85-61(74)44-12-16-46(17-13-44)63(76)87-51-24-25-52(60-59(51)89-65(90-60)48(34-66)35-67)88-64(77)47-18-14-45(15-19-47)62(75)86-50-22-10-43(11-23-50)31-33-79-56(71)27-29-58(73)82-38-41(5)84-54(69)7-2/h6-11,20-25,39-41,44-47H,1-2,12-19,26-33,36-38H2,3-5H3/t39?,40?,41?,44-,45-,46-,47-. The summed E-state index contributed by atoms with van der Waals surface area (Å²) in [6.07, 6.45) is 3.19. The van der Waals surface area contributed by atoms with E-state index in [1.807, 2.05) is 12.1 Å². The van der Waals surface area contributed by atoms with Gasteiger partial charge in [-0.2, -0.15) is 10.5 Å². The van der Waals surface area contributed by atoms with Gasteiger partial charge in [0.25, 0.3) is 0 Å². The fraction of sp³-hybridized carbons (Fsp3) is 0.446. The van der Waals surface area contributed by atoms with E-state index in [2.05, 4.69) is 13.2 Å². The van der Waals surface area contributed by atoms with Gasteiger partial charge in [0.1, 0.15) is 66.6 Å². The molecule has 3 aliphatic rings. The number of nitrogens with zero attached hydrogens (tertiary/aromatic N) is 2. The summed E-state index contributed by atoms with van der Waals surface area (Å²) in [4.78, 5) is 126. The number of benzene rings is 3. The summed E-state index contributed by atoms with van der Waals surface area (Å²) in [6.45, 7) is 11.4. The first-order chi connectivity index (χ1) is 43.2. The zero-order chi connectivity index (χ0) is 65.1. The summed E-state index contributed by atoms with van der Waals surface area (Å²) in [5.74, 6) is -6.73. The molecule has 2 aliphatic carbocycles. The van der Waals surface area contributed by atoms with E-state index in [0.717, 1.165) is 46.8 Å². The molecule has 3 atom stereocenters. The van der Waals surface area contributed by atoms with Crippen molar-refractivity contribution in [1.82, 2.24) is 0 Å². The molecule has 478 valence electrons. The molecule has 2 saturated carbocycles. The van der Waals surface area contributed by atoms with Gasteiger partial charge in [0.2, 0.25) is 0 Å². The molecule has 1 aliphatic heterocycles. The van der Waals surface area contributed by atoms with Crippen molar-refractivity contribution in [2.24, 2.45) is 23.7 Å². The maximum atomic E-state index is 13.7. The Labute approximate surface area is 529 Å². The van der Waals surface area contributed by atoms with Crippen molar-refractivity contribution in [3.05, 3.63) is 107 Å². The molecule has 2 fully saturated rings. The summed E-state index contributed by atoms with van der Waals surface area (Å²) in [5.41, 5.74) is 1.44. The van der Waals surface area contributed by atoms with E-state index in [9.17, 15) is 58.5 Å². The van der Waals surface area contributed by atoms with E-state index >= 15 is 0 Å². The molecular formula is C65H70N2O21S2. The topological polar surface area (TPSA) is 320 Å². The van der Waals surface area contributed by atoms with Crippen molar-refractivity contribution in [3.8, 4) is 35.1 Å². The number of ether oxygens (including phenoxy) is 11. The molecule has 0 saturated heterocycles. The van der Waals surface area contributed by atoms with Crippen molar-refractivity contribution in [1.29, 1.82) is 10.5 Å². The van der Waals surface area contributed by atoms with Crippen LogP contribution in [0.25, 0.3) is 0 Å². The molecule has 0 amide bonds. The molecule has 25 heteroatoms. The number of hydrogen-bond donors (Lipinski definition) is 0. The Morgan fingerprint density at radius 3 is 1.19 bits per heavy atom. The van der Waals surface area contributed by atoms with Gasteiger partial charge in [0, 0.05) is 25.0 Å². The van der Waals surface area contributed by atoms with E-state index < -0.39 is 102 Å². The van der Waals surface area contributed by atoms with Crippen molar-refractivity contribution >= 4 is 83.2 Å². The summed E-state index contributed by atoms with van der Waals surface area (Å²) in [7, 11) is 0. The van der Waals surface area contributed by atoms with Crippen LogP contribution in [0.5, 0.6) is 23.0 Å². The Hall–Kier alpha value is -8.78. The van der Waals surface area contributed by atoms with Gasteiger partial charge in [-0.25, -0.2) is 9.59 Å². The zero-order valence-corrected chi connectivity index (χ0v) is 51.7. The van der Waals surface area contributed by atoms with Crippen molar-refractivity contribution < 1.29 is 100 Å². The van der Waals surface area contributed by atoms with Crippen LogP contribution in [0, 0.1) is 46.3 Å². The summed E-state index contributed by atoms with van der Waals surface area (Å²) >= 11 is 2.09. The minimum atomic E-state index is -0.675. The number of esters is 10. The number of nitriles is 2. The second-order valence-corrected chi connectivity index (χ2v) is 23.5. The zero-order valence-electron chi connectivity index (χ0n) is 50.1. The highest BCUT2D eigenvalue weighted by Gasteiger charge is 2.37. The lowest BCUT2D eigenvalue weighted by Gasteiger charge is -2.26. The Balaban J connectivity index is 0.885. The second kappa shape index (κ2) is 36.0. The molecule has 23 nitrogen and oxygen atoms in total. The predicted molar refractivity (Wildman–Crippen MR) is 319 cm³/mol. The number of hydrogen-bond acceptors (Lipinski definition) is 25. The SMILES string of the molecule is C=CC(=O)OCC(C)OC(C)COC(=O)CCC(=O)OCCc1ccc(OC(=O)[C@H]2CC[C@H](C(=O)Oc3ccc(OC(=O)[C@H]4CC[C@H](C(=O)Oc5ccc(CCOC(=O)CCC(=O)OCC(C)OC(=O)C=C)cc5)CC4)c4c3SC(=C(C#N)C#N)S4)CC2)cc1. The van der Waals surface area contributed by atoms with Gasteiger partial charge in [-0.1, -0.05) is 60.9 Å². The Kier molecular flexibility index (Phi) is 28.1. The first-order valence-corrected chi connectivity index (χ1v) is 30.9. The smallest absolute Gasteiger partial charge is 0.330 e. The van der Waals surface area contributed by atoms with Crippen LogP contribution < -0.4 is 18.9 Å². The van der Waals surface area contributed by atoms with Crippen LogP contribution in [0.3, 0.4) is 0 Å². The molecule has 0 bridgehead atoms. The highest BCUT2D eigenvalue weighted by molar-refractivity contribution is 8.24. The molecule has 90 heavy (non-hydrogen) atoms. The van der Waals surface area contributed by atoms with E-state index in [-0.39, 0.29) is 75.8 Å². The van der Waals surface area contributed by atoms with Gasteiger partial charge in [0.05, 0.1) is 88.8 Å². The van der Waals surface area contributed by atoms with Gasteiger partial charge in [-0.3, -0.25) is 38.4 Å². The molecule has 3 aromatic rings. The van der Waals surface area contributed by atoms with Crippen molar-refractivity contribution in [2.45, 2.75) is 139 Å². The molecule has 0 aromatic heterocycles. The fourth-order valence-corrected chi connectivity index (χ4v) is 11.8. The quantitative estimate of drug-likeness (QED) is 0.0190. The molecule has 0 spiro atoms. The number of thioether (sulfide) groups is 2. The second-order valence-electron chi connectivity index (χ2n) is 21.2. The first-order valence-electron chi connectivity index (χ1n) is 29.3. The Morgan fingerprint density at radius 2 is 0.822 bits per heavy atom. The number of carbonyl (C=O) groups excluding carboxylic acids is 10. The van der Waals surface area contributed by atoms with Gasteiger partial charge in [-0.15, -0.1) is 0 Å². The third-order valence-corrected chi connectivity index (χ3v) is 16.9. The summed E-state index contributed by atoms with van der Waals surface area (Å²) in [5, 5.41) is 19.4. The van der Waals surface area contributed by atoms with Crippen LogP contribution in [-0.4, -0.2) is 111 Å². The minimum absolute atomic E-state index is 0.0113. The van der Waals surface area contributed by atoms with Crippen LogP contribution in [0.15, 0.2) is 106 Å². The lowest BCUT2D eigenvalue weighted by molar-refractivity contribution is -0.156. The highest BCUT2D eigenvalue weighted by Crippen LogP contribution is 2.59. The van der Waals surface area contributed by atoms with Crippen LogP contribution in [0.4, 0.5) is 0 Å². The van der Waals surface area contributed by atoms with Gasteiger partial charge >= 0.3 is 59.7 Å².